The minimum absolute atomic E-state index is 0.0293. The van der Waals surface area contributed by atoms with Crippen molar-refractivity contribution in [1.29, 1.82) is 0 Å². The van der Waals surface area contributed by atoms with Gasteiger partial charge in [0.25, 0.3) is 5.91 Å². The fourth-order valence-corrected chi connectivity index (χ4v) is 3.22. The van der Waals surface area contributed by atoms with Gasteiger partial charge in [-0.15, -0.1) is 0 Å². The third-order valence-electron chi connectivity index (χ3n) is 4.10. The number of rotatable bonds is 4. The summed E-state index contributed by atoms with van der Waals surface area (Å²) in [5.74, 6) is 0.948. The summed E-state index contributed by atoms with van der Waals surface area (Å²) in [5.41, 5.74) is 1.64. The lowest BCUT2D eigenvalue weighted by atomic mass is 10.0. The molecular formula is C17H21N5OS. The Hall–Kier alpha value is -2.15. The van der Waals surface area contributed by atoms with Crippen LogP contribution >= 0.6 is 11.8 Å². The van der Waals surface area contributed by atoms with Crippen molar-refractivity contribution >= 4 is 23.5 Å². The molecule has 7 heteroatoms. The Bertz CT molecular complexity index is 701. The Labute approximate surface area is 146 Å². The minimum Gasteiger partial charge on any atom is -0.356 e. The second-order valence-corrected chi connectivity index (χ2v) is 6.60. The number of amides is 1. The van der Waals surface area contributed by atoms with Gasteiger partial charge in [-0.2, -0.15) is 0 Å². The summed E-state index contributed by atoms with van der Waals surface area (Å²) in [4.78, 5) is 27.4. The molecule has 1 aliphatic heterocycles. The average Bonchev–Trinajstić information content (AvgIpc) is 2.62. The van der Waals surface area contributed by atoms with Gasteiger partial charge < -0.3 is 10.2 Å². The number of carbonyl (C=O) groups is 1. The van der Waals surface area contributed by atoms with E-state index < -0.39 is 0 Å². The van der Waals surface area contributed by atoms with Crippen LogP contribution in [0.15, 0.2) is 35.7 Å². The molecule has 2 aromatic rings. The molecule has 2 aromatic heterocycles. The number of nitrogens with one attached hydrogen (secondary N) is 1. The van der Waals surface area contributed by atoms with E-state index in [0.717, 1.165) is 42.6 Å². The molecule has 6 nitrogen and oxygen atoms in total. The summed E-state index contributed by atoms with van der Waals surface area (Å²) in [5, 5.41) is 3.91. The molecule has 0 aromatic carbocycles. The molecule has 0 atom stereocenters. The zero-order chi connectivity index (χ0) is 16.9. The number of hydrogen-bond acceptors (Lipinski definition) is 6. The fourth-order valence-electron chi connectivity index (χ4n) is 2.80. The van der Waals surface area contributed by atoms with Gasteiger partial charge in [0.15, 0.2) is 5.16 Å². The van der Waals surface area contributed by atoms with Gasteiger partial charge in [-0.25, -0.2) is 9.97 Å². The highest BCUT2D eigenvalue weighted by Crippen LogP contribution is 2.21. The standard InChI is InChI=1S/C17H21N5OS/c1-12-11-15(21-17(19-12)24-2)22-9-5-14(6-10-22)20-16(23)13-3-7-18-8-4-13/h3-4,7-8,11,14H,5-6,9-10H2,1-2H3,(H,20,23). The van der Waals surface area contributed by atoms with Gasteiger partial charge in [-0.3, -0.25) is 9.78 Å². The van der Waals surface area contributed by atoms with Crippen LogP contribution in [0.4, 0.5) is 5.82 Å². The van der Waals surface area contributed by atoms with Crippen LogP contribution in [-0.4, -0.2) is 46.2 Å². The van der Waals surface area contributed by atoms with Gasteiger partial charge in [-0.05, 0) is 38.2 Å². The van der Waals surface area contributed by atoms with E-state index in [0.29, 0.717) is 5.56 Å². The van der Waals surface area contributed by atoms with E-state index in [1.54, 1.807) is 36.3 Å². The number of aromatic nitrogens is 3. The Kier molecular flexibility index (Phi) is 5.30. The van der Waals surface area contributed by atoms with Gasteiger partial charge in [-0.1, -0.05) is 11.8 Å². The summed E-state index contributed by atoms with van der Waals surface area (Å²) in [7, 11) is 0. The van der Waals surface area contributed by atoms with Crippen LogP contribution in [-0.2, 0) is 0 Å². The monoisotopic (exact) mass is 343 g/mol. The molecule has 1 amide bonds. The first-order chi connectivity index (χ1) is 11.7. The molecule has 0 bridgehead atoms. The van der Waals surface area contributed by atoms with Crippen LogP contribution in [0, 0.1) is 6.92 Å². The summed E-state index contributed by atoms with van der Waals surface area (Å²) < 4.78 is 0. The Morgan fingerprint density at radius 1 is 1.25 bits per heavy atom. The van der Waals surface area contributed by atoms with Crippen LogP contribution in [0.2, 0.25) is 0 Å². The highest BCUT2D eigenvalue weighted by Gasteiger charge is 2.22. The van der Waals surface area contributed by atoms with Crippen molar-refractivity contribution in [2.24, 2.45) is 0 Å². The van der Waals surface area contributed by atoms with Crippen LogP contribution in [0.5, 0.6) is 0 Å². The van der Waals surface area contributed by atoms with E-state index in [1.807, 2.05) is 19.2 Å². The predicted molar refractivity (Wildman–Crippen MR) is 95.5 cm³/mol. The zero-order valence-electron chi connectivity index (χ0n) is 13.9. The van der Waals surface area contributed by atoms with E-state index in [1.165, 1.54) is 0 Å². The molecule has 0 saturated carbocycles. The highest BCUT2D eigenvalue weighted by molar-refractivity contribution is 7.98. The summed E-state index contributed by atoms with van der Waals surface area (Å²) in [6, 6.07) is 5.69. The third kappa shape index (κ3) is 4.03. The second kappa shape index (κ2) is 7.61. The van der Waals surface area contributed by atoms with Crippen molar-refractivity contribution in [2.75, 3.05) is 24.2 Å². The molecule has 1 aliphatic rings. The average molecular weight is 343 g/mol. The van der Waals surface area contributed by atoms with Gasteiger partial charge in [0, 0.05) is 48.8 Å². The maximum absolute atomic E-state index is 12.2. The lowest BCUT2D eigenvalue weighted by Gasteiger charge is -2.33. The lowest BCUT2D eigenvalue weighted by molar-refractivity contribution is 0.0931. The van der Waals surface area contributed by atoms with E-state index in [4.69, 9.17) is 0 Å². The van der Waals surface area contributed by atoms with Crippen molar-refractivity contribution in [3.63, 3.8) is 0 Å². The number of piperidine rings is 1. The maximum Gasteiger partial charge on any atom is 0.251 e. The minimum atomic E-state index is -0.0293. The molecule has 3 rings (SSSR count). The normalized spacial score (nSPS) is 15.3. The smallest absolute Gasteiger partial charge is 0.251 e. The van der Waals surface area contributed by atoms with Crippen molar-refractivity contribution in [3.8, 4) is 0 Å². The number of carbonyl (C=O) groups excluding carboxylic acids is 1. The predicted octanol–water partition coefficient (Wildman–Crippen LogP) is 2.30. The molecule has 24 heavy (non-hydrogen) atoms. The molecule has 0 spiro atoms. The van der Waals surface area contributed by atoms with E-state index in [-0.39, 0.29) is 11.9 Å². The SMILES string of the molecule is CSc1nc(C)cc(N2CCC(NC(=O)c3ccncc3)CC2)n1. The zero-order valence-corrected chi connectivity index (χ0v) is 14.7. The molecule has 3 heterocycles. The van der Waals surface area contributed by atoms with Gasteiger partial charge in [0.05, 0.1) is 0 Å². The Morgan fingerprint density at radius 3 is 2.62 bits per heavy atom. The van der Waals surface area contributed by atoms with Crippen molar-refractivity contribution in [2.45, 2.75) is 31.0 Å². The quantitative estimate of drug-likeness (QED) is 0.678. The van der Waals surface area contributed by atoms with E-state index >= 15 is 0 Å². The van der Waals surface area contributed by atoms with Gasteiger partial charge >= 0.3 is 0 Å². The van der Waals surface area contributed by atoms with Crippen molar-refractivity contribution < 1.29 is 4.79 Å². The van der Waals surface area contributed by atoms with Gasteiger partial charge in [0.1, 0.15) is 5.82 Å². The van der Waals surface area contributed by atoms with Crippen molar-refractivity contribution in [3.05, 3.63) is 41.9 Å². The number of nitrogens with zero attached hydrogens (tertiary/aromatic N) is 4. The molecular weight excluding hydrogens is 322 g/mol. The number of hydrogen-bond donors (Lipinski definition) is 1. The van der Waals surface area contributed by atoms with E-state index in [2.05, 4.69) is 25.2 Å². The molecule has 1 saturated heterocycles. The van der Waals surface area contributed by atoms with Crippen molar-refractivity contribution in [1.82, 2.24) is 20.3 Å². The van der Waals surface area contributed by atoms with E-state index in [9.17, 15) is 4.79 Å². The van der Waals surface area contributed by atoms with Gasteiger partial charge in [0.2, 0.25) is 0 Å². The number of thioether (sulfide) groups is 1. The Morgan fingerprint density at radius 2 is 1.96 bits per heavy atom. The molecule has 1 N–H and O–H groups in total. The maximum atomic E-state index is 12.2. The summed E-state index contributed by atoms with van der Waals surface area (Å²) in [6.45, 7) is 3.75. The number of aryl methyl sites for hydroxylation is 1. The second-order valence-electron chi connectivity index (χ2n) is 5.82. The topological polar surface area (TPSA) is 71.0 Å². The van der Waals surface area contributed by atoms with Crippen LogP contribution in [0.25, 0.3) is 0 Å². The first-order valence-corrected chi connectivity index (χ1v) is 9.23. The largest absolute Gasteiger partial charge is 0.356 e. The van der Waals surface area contributed by atoms with Crippen LogP contribution < -0.4 is 10.2 Å². The molecule has 0 aliphatic carbocycles. The third-order valence-corrected chi connectivity index (χ3v) is 4.65. The van der Waals surface area contributed by atoms with Crippen LogP contribution in [0.1, 0.15) is 28.9 Å². The molecule has 0 radical (unpaired) electrons. The summed E-state index contributed by atoms with van der Waals surface area (Å²) in [6.07, 6.45) is 7.08. The molecule has 126 valence electrons. The number of pyridine rings is 1. The summed E-state index contributed by atoms with van der Waals surface area (Å²) >= 11 is 1.56. The molecule has 0 unspecified atom stereocenters. The molecule has 1 fully saturated rings. The highest BCUT2D eigenvalue weighted by atomic mass is 32.2. The lowest BCUT2D eigenvalue weighted by Crippen LogP contribution is -2.45. The first-order valence-electron chi connectivity index (χ1n) is 8.01. The van der Waals surface area contributed by atoms with Crippen LogP contribution in [0.3, 0.4) is 0 Å². The fraction of sp³-hybridized carbons (Fsp3) is 0.412. The first kappa shape index (κ1) is 16.7. The number of anilines is 1. The Balaban J connectivity index is 1.58.